The van der Waals surface area contributed by atoms with Gasteiger partial charge < -0.3 is 15.3 Å². The average Bonchev–Trinajstić information content (AvgIpc) is 1.88. The normalized spacial score (nSPS) is 11.3. The fourth-order valence-electron chi connectivity index (χ4n) is 8.52. The third kappa shape index (κ3) is 19.1. The van der Waals surface area contributed by atoms with Crippen molar-refractivity contribution in [2.24, 2.45) is 0 Å². The first-order valence-electron chi connectivity index (χ1n) is 26.5. The molecule has 0 bridgehead atoms. The molecule has 0 aliphatic rings. The molecule has 0 unspecified atom stereocenters. The topological polar surface area (TPSA) is 274 Å². The fourth-order valence-corrected chi connectivity index (χ4v) is 12.0. The minimum absolute atomic E-state index is 0.0589. The van der Waals surface area contributed by atoms with Crippen LogP contribution in [-0.4, -0.2) is 58.5 Å². The van der Waals surface area contributed by atoms with Gasteiger partial charge in [-0.1, -0.05) is 103 Å². The van der Waals surface area contributed by atoms with E-state index in [1.165, 1.54) is 48.5 Å². The van der Waals surface area contributed by atoms with Crippen LogP contribution in [0.3, 0.4) is 0 Å². The summed E-state index contributed by atoms with van der Waals surface area (Å²) in [5.74, 6) is -2.91. The van der Waals surface area contributed by atoms with Crippen molar-refractivity contribution < 1.29 is 68.1 Å². The van der Waals surface area contributed by atoms with Gasteiger partial charge in [0.25, 0.3) is 30.1 Å². The number of carboxylic acids is 3. The first kappa shape index (κ1) is 65.7. The standard InChI is InChI=1S/C22H18F3NO4S.C22H18N2O4S.C21H18ClNO4S/c23-22(24,25)18-9-13-20(14-10-18)31(29,30)26-19-11-5-16(6-12-19)2-1-15-3-7-17(8-4-15)21(27)28;23-15-19-3-1-2-4-21(19)29(27,28)24-20-13-9-17(10-14-20)6-5-16-7-11-18(12-8-16)22(25)26;22-18-10-12-19(13-11-18)28(26,27)23-20-7-2-1-5-16(20)9-8-15-4-3-6-17(14-15)21(24)25/h3-14,26H,1-2H2,(H,27,28);1-4,7-14,24H,5-6H2,(H,25,26);1-7,10-14,23H,8-9H2,(H,24,25). The molecule has 6 N–H and O–H groups in total. The lowest BCUT2D eigenvalue weighted by Gasteiger charge is -2.13. The predicted molar refractivity (Wildman–Crippen MR) is 328 cm³/mol. The minimum Gasteiger partial charge on any atom is -0.478 e. The highest BCUT2D eigenvalue weighted by atomic mass is 35.5. The van der Waals surface area contributed by atoms with Crippen LogP contribution in [0.2, 0.25) is 5.02 Å². The maximum atomic E-state index is 12.6. The highest BCUT2D eigenvalue weighted by molar-refractivity contribution is 7.93. The van der Waals surface area contributed by atoms with Gasteiger partial charge in [-0.3, -0.25) is 14.2 Å². The molecular formula is C65H54ClF3N4O12S3. The Balaban J connectivity index is 0.000000189. The Hall–Kier alpha value is -9.79. The van der Waals surface area contributed by atoms with Gasteiger partial charge in [-0.2, -0.15) is 18.4 Å². The van der Waals surface area contributed by atoms with Crippen molar-refractivity contribution in [3.8, 4) is 6.07 Å². The van der Waals surface area contributed by atoms with Crippen LogP contribution in [-0.2, 0) is 74.8 Å². The number of halogens is 4. The number of anilines is 3. The number of carbonyl (C=O) groups is 3. The summed E-state index contributed by atoms with van der Waals surface area (Å²) < 4.78 is 121. The number of aryl methyl sites for hydroxylation is 6. The molecular weight excluding hydrogens is 1220 g/mol. The summed E-state index contributed by atoms with van der Waals surface area (Å²) in [6, 6.07) is 58.0. The number of nitrogens with zero attached hydrogens (tertiary/aromatic N) is 1. The summed E-state index contributed by atoms with van der Waals surface area (Å²) in [4.78, 5) is 32.7. The summed E-state index contributed by atoms with van der Waals surface area (Å²) in [6.07, 6.45) is -0.584. The number of nitriles is 1. The summed E-state index contributed by atoms with van der Waals surface area (Å²) in [5.41, 5.74) is 6.70. The first-order valence-corrected chi connectivity index (χ1v) is 31.3. The molecule has 88 heavy (non-hydrogen) atoms. The number of carboxylic acid groups (broad SMARTS) is 3. The maximum absolute atomic E-state index is 12.6. The third-order valence-corrected chi connectivity index (χ3v) is 17.7. The molecule has 0 radical (unpaired) electrons. The van der Waals surface area contributed by atoms with E-state index in [1.54, 1.807) is 115 Å². The van der Waals surface area contributed by atoms with E-state index >= 15 is 0 Å². The van der Waals surface area contributed by atoms with Gasteiger partial charge in [-0.15, -0.1) is 0 Å². The van der Waals surface area contributed by atoms with Crippen molar-refractivity contribution in [3.05, 3.63) is 285 Å². The van der Waals surface area contributed by atoms with E-state index in [4.69, 9.17) is 32.2 Å². The van der Waals surface area contributed by atoms with E-state index in [2.05, 4.69) is 14.2 Å². The van der Waals surface area contributed by atoms with Crippen LogP contribution in [0.5, 0.6) is 0 Å². The number of hydrogen-bond donors (Lipinski definition) is 6. The van der Waals surface area contributed by atoms with Crippen molar-refractivity contribution >= 4 is 76.6 Å². The molecule has 0 aliphatic heterocycles. The van der Waals surface area contributed by atoms with Crippen LogP contribution >= 0.6 is 11.6 Å². The molecule has 0 saturated heterocycles. The van der Waals surface area contributed by atoms with Gasteiger partial charge in [0.05, 0.1) is 43.3 Å². The van der Waals surface area contributed by atoms with Crippen molar-refractivity contribution in [1.82, 2.24) is 0 Å². The Kier molecular flexibility index (Phi) is 22.1. The monoisotopic (exact) mass is 1270 g/mol. The Labute approximate surface area is 511 Å². The van der Waals surface area contributed by atoms with Gasteiger partial charge in [0.2, 0.25) is 0 Å². The SMILES string of the molecule is N#Cc1ccccc1S(=O)(=O)Nc1ccc(CCc2ccc(C(=O)O)cc2)cc1.O=C(O)c1ccc(CCc2ccc(NS(=O)(=O)c3ccc(C(F)(F)F)cc3)cc2)cc1.O=C(O)c1cccc(CCc2ccccc2NS(=O)(=O)c2ccc(Cl)cc2)c1. The Bertz CT molecular complexity index is 4310. The van der Waals surface area contributed by atoms with Gasteiger partial charge >= 0.3 is 24.1 Å². The average molecular weight is 1270 g/mol. The van der Waals surface area contributed by atoms with Crippen LogP contribution in [0.15, 0.2) is 233 Å². The van der Waals surface area contributed by atoms with Crippen molar-refractivity contribution in [2.75, 3.05) is 14.2 Å². The second kappa shape index (κ2) is 29.5. The predicted octanol–water partition coefficient (Wildman–Crippen LogP) is 13.5. The lowest BCUT2D eigenvalue weighted by atomic mass is 10.0. The van der Waals surface area contributed by atoms with Gasteiger partial charge in [0.15, 0.2) is 0 Å². The van der Waals surface area contributed by atoms with Crippen LogP contribution in [0.25, 0.3) is 0 Å². The Morgan fingerprint density at radius 1 is 0.432 bits per heavy atom. The smallest absolute Gasteiger partial charge is 0.416 e. The number of alkyl halides is 3. The number of rotatable bonds is 21. The van der Waals surface area contributed by atoms with Crippen LogP contribution in [0.1, 0.15) is 75.6 Å². The van der Waals surface area contributed by atoms with Crippen molar-refractivity contribution in [1.29, 1.82) is 5.26 Å². The van der Waals surface area contributed by atoms with Crippen molar-refractivity contribution in [3.63, 3.8) is 0 Å². The molecule has 16 nitrogen and oxygen atoms in total. The van der Waals surface area contributed by atoms with Gasteiger partial charge in [0.1, 0.15) is 11.0 Å². The second-order valence-electron chi connectivity index (χ2n) is 19.5. The number of benzene rings is 9. The van der Waals surface area contributed by atoms with Crippen LogP contribution < -0.4 is 14.2 Å². The van der Waals surface area contributed by atoms with E-state index < -0.39 is 59.7 Å². The van der Waals surface area contributed by atoms with E-state index in [1.807, 2.05) is 36.4 Å². The molecule has 0 aromatic heterocycles. The number of para-hydroxylation sites is 1. The first-order chi connectivity index (χ1) is 41.8. The summed E-state index contributed by atoms with van der Waals surface area (Å²) in [7, 11) is -11.6. The van der Waals surface area contributed by atoms with E-state index in [0.29, 0.717) is 42.1 Å². The molecule has 0 amide bonds. The van der Waals surface area contributed by atoms with Crippen LogP contribution in [0, 0.1) is 11.3 Å². The molecule has 0 saturated carbocycles. The number of aromatic carboxylic acids is 3. The molecule has 452 valence electrons. The molecule has 9 aromatic carbocycles. The maximum Gasteiger partial charge on any atom is 0.416 e. The molecule has 0 atom stereocenters. The van der Waals surface area contributed by atoms with E-state index in [0.717, 1.165) is 70.5 Å². The highest BCUT2D eigenvalue weighted by Gasteiger charge is 2.31. The van der Waals surface area contributed by atoms with E-state index in [-0.39, 0.29) is 42.6 Å². The lowest BCUT2D eigenvalue weighted by molar-refractivity contribution is -0.137. The summed E-state index contributed by atoms with van der Waals surface area (Å²) in [5, 5.41) is 36.5. The fraction of sp³-hybridized carbons (Fsp3) is 0.108. The van der Waals surface area contributed by atoms with E-state index in [9.17, 15) is 52.8 Å². The molecule has 0 heterocycles. The van der Waals surface area contributed by atoms with Gasteiger partial charge in [-0.25, -0.2) is 39.6 Å². The summed E-state index contributed by atoms with van der Waals surface area (Å²) in [6.45, 7) is 0. The zero-order chi connectivity index (χ0) is 63.7. The Morgan fingerprint density at radius 3 is 1.31 bits per heavy atom. The molecule has 0 spiro atoms. The molecule has 0 aliphatic carbocycles. The number of nitrogens with one attached hydrogen (secondary N) is 3. The van der Waals surface area contributed by atoms with Crippen molar-refractivity contribution in [2.45, 2.75) is 59.4 Å². The highest BCUT2D eigenvalue weighted by Crippen LogP contribution is 2.31. The molecule has 9 rings (SSSR count). The van der Waals surface area contributed by atoms with Crippen LogP contribution in [0.4, 0.5) is 30.2 Å². The number of sulfonamides is 3. The minimum atomic E-state index is -4.54. The molecule has 23 heteroatoms. The summed E-state index contributed by atoms with van der Waals surface area (Å²) >= 11 is 5.83. The lowest BCUT2D eigenvalue weighted by Crippen LogP contribution is -2.14. The third-order valence-electron chi connectivity index (χ3n) is 13.3. The van der Waals surface area contributed by atoms with Gasteiger partial charge in [0, 0.05) is 16.4 Å². The molecule has 9 aromatic rings. The zero-order valence-corrected chi connectivity index (χ0v) is 49.4. The second-order valence-corrected chi connectivity index (χ2v) is 24.9. The number of hydrogen-bond acceptors (Lipinski definition) is 10. The Morgan fingerprint density at radius 2 is 0.841 bits per heavy atom. The van der Waals surface area contributed by atoms with Gasteiger partial charge in [-0.05, 0) is 199 Å². The zero-order valence-electron chi connectivity index (χ0n) is 46.2. The molecule has 0 fully saturated rings. The largest absolute Gasteiger partial charge is 0.478 e. The quantitative estimate of drug-likeness (QED) is 0.0391.